The molecule has 142 valence electrons. The van der Waals surface area contributed by atoms with E-state index in [1.807, 2.05) is 6.07 Å². The number of anilines is 1. The van der Waals surface area contributed by atoms with Gasteiger partial charge in [0.15, 0.2) is 0 Å². The molecule has 27 heavy (non-hydrogen) atoms. The molecule has 1 N–H and O–H groups in total. The Labute approximate surface area is 154 Å². The minimum Gasteiger partial charge on any atom is -0.505 e. The number of phenols is 1. The Kier molecular flexibility index (Phi) is 6.70. The van der Waals surface area contributed by atoms with Crippen molar-refractivity contribution in [2.24, 2.45) is 0 Å². The molecule has 0 saturated heterocycles. The Balaban J connectivity index is 2.23. The molecule has 0 aromatic heterocycles. The Morgan fingerprint density at radius 1 is 1.15 bits per heavy atom. The van der Waals surface area contributed by atoms with Crippen molar-refractivity contribution in [3.63, 3.8) is 0 Å². The van der Waals surface area contributed by atoms with Crippen LogP contribution in [0.3, 0.4) is 0 Å². The Morgan fingerprint density at radius 3 is 2.44 bits per heavy atom. The fourth-order valence-corrected chi connectivity index (χ4v) is 2.23. The first-order valence-corrected chi connectivity index (χ1v) is 8.03. The second-order valence-electron chi connectivity index (χ2n) is 5.36. The normalized spacial score (nSPS) is 10.1. The molecule has 0 saturated carbocycles. The van der Waals surface area contributed by atoms with Crippen molar-refractivity contribution >= 4 is 23.4 Å². The first-order chi connectivity index (χ1) is 12.9. The number of hydrogen-bond donors (Lipinski definition) is 1. The quantitative estimate of drug-likeness (QED) is 0.449. The molecule has 0 aliphatic carbocycles. The van der Waals surface area contributed by atoms with Crippen LogP contribution in [0, 0.1) is 10.1 Å². The van der Waals surface area contributed by atoms with E-state index in [4.69, 9.17) is 9.47 Å². The zero-order valence-corrected chi connectivity index (χ0v) is 14.5. The second-order valence-corrected chi connectivity index (χ2v) is 5.36. The molecule has 0 bridgehead atoms. The number of carbonyl (C=O) groups excluding carboxylic acids is 2. The van der Waals surface area contributed by atoms with Crippen LogP contribution in [-0.4, -0.2) is 35.2 Å². The molecule has 0 fully saturated rings. The van der Waals surface area contributed by atoms with Crippen molar-refractivity contribution in [3.05, 3.63) is 64.2 Å². The van der Waals surface area contributed by atoms with Gasteiger partial charge in [-0.05, 0) is 18.6 Å². The van der Waals surface area contributed by atoms with E-state index >= 15 is 0 Å². The van der Waals surface area contributed by atoms with Gasteiger partial charge in [0.25, 0.3) is 5.69 Å². The van der Waals surface area contributed by atoms with E-state index in [2.05, 4.69) is 0 Å². The standard InChI is InChI=1S/C18H18N2O7/c1-2-26-17(22)11-19(15-9-8-14(20(24)25)10-16(15)21)18(23)27-12-13-6-4-3-5-7-13/h3-10,21H,2,11-12H2,1H3. The molecule has 2 aromatic rings. The Hall–Kier alpha value is -3.62. The van der Waals surface area contributed by atoms with E-state index in [0.29, 0.717) is 0 Å². The van der Waals surface area contributed by atoms with E-state index < -0.39 is 29.3 Å². The number of nitro groups is 1. The summed E-state index contributed by atoms with van der Waals surface area (Å²) in [5, 5.41) is 20.9. The summed E-state index contributed by atoms with van der Waals surface area (Å²) < 4.78 is 10.0. The zero-order chi connectivity index (χ0) is 19.8. The van der Waals surface area contributed by atoms with Gasteiger partial charge in [-0.15, -0.1) is 0 Å². The number of nitrogens with zero attached hydrogens (tertiary/aromatic N) is 2. The fraction of sp³-hybridized carbons (Fsp3) is 0.222. The third kappa shape index (κ3) is 5.43. The number of hydrogen-bond acceptors (Lipinski definition) is 7. The first kappa shape index (κ1) is 19.7. The average Bonchev–Trinajstić information content (AvgIpc) is 2.65. The number of carbonyl (C=O) groups is 2. The summed E-state index contributed by atoms with van der Waals surface area (Å²) in [6.07, 6.45) is -0.906. The number of aromatic hydroxyl groups is 1. The van der Waals surface area contributed by atoms with Gasteiger partial charge in [-0.1, -0.05) is 30.3 Å². The number of esters is 1. The van der Waals surface area contributed by atoms with Crippen molar-refractivity contribution in [2.75, 3.05) is 18.1 Å². The number of ether oxygens (including phenoxy) is 2. The SMILES string of the molecule is CCOC(=O)CN(C(=O)OCc1ccccc1)c1ccc([N+](=O)[O-])cc1O. The highest BCUT2D eigenvalue weighted by Crippen LogP contribution is 2.31. The average molecular weight is 374 g/mol. The van der Waals surface area contributed by atoms with Gasteiger partial charge in [0.2, 0.25) is 0 Å². The molecule has 0 atom stereocenters. The minimum atomic E-state index is -0.906. The van der Waals surface area contributed by atoms with E-state index in [1.165, 1.54) is 0 Å². The van der Waals surface area contributed by atoms with Crippen LogP contribution >= 0.6 is 0 Å². The van der Waals surface area contributed by atoms with Gasteiger partial charge in [-0.25, -0.2) is 4.79 Å². The van der Waals surface area contributed by atoms with Gasteiger partial charge in [0.05, 0.1) is 23.3 Å². The highest BCUT2D eigenvalue weighted by atomic mass is 16.6. The molecule has 9 nitrogen and oxygen atoms in total. The molecule has 0 heterocycles. The molecule has 0 aliphatic rings. The second kappa shape index (κ2) is 9.18. The lowest BCUT2D eigenvalue weighted by molar-refractivity contribution is -0.384. The van der Waals surface area contributed by atoms with Crippen LogP contribution in [0.5, 0.6) is 5.75 Å². The maximum atomic E-state index is 12.5. The highest BCUT2D eigenvalue weighted by Gasteiger charge is 2.25. The number of amides is 1. The molecule has 0 spiro atoms. The third-order valence-corrected chi connectivity index (χ3v) is 3.48. The molecule has 2 aromatic carbocycles. The van der Waals surface area contributed by atoms with Gasteiger partial charge in [-0.2, -0.15) is 0 Å². The van der Waals surface area contributed by atoms with Crippen molar-refractivity contribution in [1.29, 1.82) is 0 Å². The third-order valence-electron chi connectivity index (χ3n) is 3.48. The van der Waals surface area contributed by atoms with Crippen molar-refractivity contribution in [2.45, 2.75) is 13.5 Å². The van der Waals surface area contributed by atoms with Crippen LogP contribution in [0.25, 0.3) is 0 Å². The number of phenolic OH excluding ortho intramolecular Hbond substituents is 1. The van der Waals surface area contributed by atoms with Crippen molar-refractivity contribution in [1.82, 2.24) is 0 Å². The van der Waals surface area contributed by atoms with Crippen LogP contribution in [0.2, 0.25) is 0 Å². The van der Waals surface area contributed by atoms with Crippen LogP contribution in [0.15, 0.2) is 48.5 Å². The van der Waals surface area contributed by atoms with Gasteiger partial charge in [0.1, 0.15) is 18.9 Å². The maximum Gasteiger partial charge on any atom is 0.415 e. The minimum absolute atomic E-state index is 0.0489. The van der Waals surface area contributed by atoms with Crippen LogP contribution in [-0.2, 0) is 20.9 Å². The summed E-state index contributed by atoms with van der Waals surface area (Å²) >= 11 is 0. The van der Waals surface area contributed by atoms with E-state index in [9.17, 15) is 24.8 Å². The number of non-ortho nitro benzene ring substituents is 1. The van der Waals surface area contributed by atoms with Crippen molar-refractivity contribution in [3.8, 4) is 5.75 Å². The van der Waals surface area contributed by atoms with E-state index in [1.54, 1.807) is 31.2 Å². The molecule has 0 aliphatic heterocycles. The predicted octanol–water partition coefficient (Wildman–Crippen LogP) is 3.01. The highest BCUT2D eigenvalue weighted by molar-refractivity contribution is 5.95. The number of nitro benzene ring substituents is 1. The van der Waals surface area contributed by atoms with Gasteiger partial charge >= 0.3 is 12.1 Å². The molecule has 1 amide bonds. The maximum absolute atomic E-state index is 12.5. The Bertz CT molecular complexity index is 824. The summed E-state index contributed by atoms with van der Waals surface area (Å²) in [6, 6.07) is 12.0. The van der Waals surface area contributed by atoms with Crippen LogP contribution in [0.4, 0.5) is 16.2 Å². The Morgan fingerprint density at radius 2 is 1.85 bits per heavy atom. The van der Waals surface area contributed by atoms with Gasteiger partial charge in [-0.3, -0.25) is 19.8 Å². The summed E-state index contributed by atoms with van der Waals surface area (Å²) in [6.45, 7) is 1.15. The van der Waals surface area contributed by atoms with Crippen molar-refractivity contribution < 1.29 is 29.1 Å². The number of rotatable bonds is 7. The molecule has 2 rings (SSSR count). The summed E-state index contributed by atoms with van der Waals surface area (Å²) in [5.41, 5.74) is 0.270. The summed E-state index contributed by atoms with van der Waals surface area (Å²) in [7, 11) is 0. The van der Waals surface area contributed by atoms with E-state index in [0.717, 1.165) is 28.7 Å². The lowest BCUT2D eigenvalue weighted by atomic mass is 10.2. The molecular weight excluding hydrogens is 356 g/mol. The largest absolute Gasteiger partial charge is 0.505 e. The van der Waals surface area contributed by atoms with Gasteiger partial charge < -0.3 is 14.6 Å². The smallest absolute Gasteiger partial charge is 0.415 e. The molecular formula is C18H18N2O7. The van der Waals surface area contributed by atoms with E-state index in [-0.39, 0.29) is 24.6 Å². The topological polar surface area (TPSA) is 119 Å². The molecule has 0 unspecified atom stereocenters. The lowest BCUT2D eigenvalue weighted by Crippen LogP contribution is -2.37. The molecule has 0 radical (unpaired) electrons. The fourth-order valence-electron chi connectivity index (χ4n) is 2.23. The summed E-state index contributed by atoms with van der Waals surface area (Å²) in [4.78, 5) is 35.3. The monoisotopic (exact) mass is 374 g/mol. The lowest BCUT2D eigenvalue weighted by Gasteiger charge is -2.22. The summed E-state index contributed by atoms with van der Waals surface area (Å²) in [5.74, 6) is -1.25. The number of benzene rings is 2. The molecule has 9 heteroatoms. The van der Waals surface area contributed by atoms with Gasteiger partial charge in [0, 0.05) is 6.07 Å². The predicted molar refractivity (Wildman–Crippen MR) is 95.4 cm³/mol. The van der Waals surface area contributed by atoms with Crippen LogP contribution in [0.1, 0.15) is 12.5 Å². The first-order valence-electron chi connectivity index (χ1n) is 8.03. The van der Waals surface area contributed by atoms with Crippen LogP contribution < -0.4 is 4.90 Å². The zero-order valence-electron chi connectivity index (χ0n) is 14.5.